The van der Waals surface area contributed by atoms with Gasteiger partial charge in [0.15, 0.2) is 18.1 Å². The van der Waals surface area contributed by atoms with Gasteiger partial charge >= 0.3 is 0 Å². The molecule has 1 atom stereocenters. The molecule has 0 aromatic heterocycles. The third-order valence-electron chi connectivity index (χ3n) is 4.63. The van der Waals surface area contributed by atoms with Gasteiger partial charge in [-0.25, -0.2) is 0 Å². The summed E-state index contributed by atoms with van der Waals surface area (Å²) in [5.41, 5.74) is 2.40. The first kappa shape index (κ1) is 17.1. The summed E-state index contributed by atoms with van der Waals surface area (Å²) in [6.45, 7) is 2.72. The van der Waals surface area contributed by atoms with E-state index in [9.17, 15) is 4.79 Å². The lowest BCUT2D eigenvalue weighted by Gasteiger charge is -2.35. The van der Waals surface area contributed by atoms with Crippen molar-refractivity contribution in [1.29, 1.82) is 0 Å². The first-order chi connectivity index (χ1) is 12.1. The Hall–Kier alpha value is -2.69. The molecule has 1 aliphatic rings. The number of amides is 1. The topological polar surface area (TPSA) is 48.0 Å². The first-order valence-electron chi connectivity index (χ1n) is 8.36. The van der Waals surface area contributed by atoms with Crippen LogP contribution in [0.3, 0.4) is 0 Å². The van der Waals surface area contributed by atoms with Gasteiger partial charge in [0.25, 0.3) is 5.91 Å². The molecule has 0 bridgehead atoms. The van der Waals surface area contributed by atoms with Crippen LogP contribution in [0, 0.1) is 0 Å². The zero-order chi connectivity index (χ0) is 17.8. The van der Waals surface area contributed by atoms with Crippen molar-refractivity contribution in [1.82, 2.24) is 4.90 Å². The van der Waals surface area contributed by atoms with Crippen molar-refractivity contribution in [2.75, 3.05) is 27.4 Å². The van der Waals surface area contributed by atoms with E-state index in [-0.39, 0.29) is 18.6 Å². The summed E-state index contributed by atoms with van der Waals surface area (Å²) in [5, 5.41) is 0. The minimum absolute atomic E-state index is 0.00377. The van der Waals surface area contributed by atoms with Crippen LogP contribution in [-0.4, -0.2) is 38.2 Å². The zero-order valence-corrected chi connectivity index (χ0v) is 14.8. The molecule has 0 saturated heterocycles. The molecular weight excluding hydrogens is 318 g/mol. The van der Waals surface area contributed by atoms with E-state index in [1.165, 1.54) is 5.56 Å². The minimum atomic E-state index is -0.0279. The van der Waals surface area contributed by atoms with Crippen LogP contribution in [0.15, 0.2) is 42.5 Å². The molecule has 0 N–H and O–H groups in total. The lowest BCUT2D eigenvalue weighted by Crippen LogP contribution is -2.41. The van der Waals surface area contributed by atoms with Crippen molar-refractivity contribution >= 4 is 5.91 Å². The van der Waals surface area contributed by atoms with E-state index in [2.05, 4.69) is 6.07 Å². The highest BCUT2D eigenvalue weighted by Crippen LogP contribution is 2.32. The number of carbonyl (C=O) groups is 1. The lowest BCUT2D eigenvalue weighted by atomic mass is 9.93. The first-order valence-corrected chi connectivity index (χ1v) is 8.36. The summed E-state index contributed by atoms with van der Waals surface area (Å²) in [4.78, 5) is 14.5. The summed E-state index contributed by atoms with van der Waals surface area (Å²) in [5.74, 6) is 2.03. The Bertz CT molecular complexity index is 759. The highest BCUT2D eigenvalue weighted by atomic mass is 16.5. The van der Waals surface area contributed by atoms with Crippen molar-refractivity contribution < 1.29 is 19.0 Å². The molecule has 2 aromatic carbocycles. The normalized spacial score (nSPS) is 16.1. The molecule has 0 aliphatic carbocycles. The maximum Gasteiger partial charge on any atom is 0.261 e. The third kappa shape index (κ3) is 3.55. The fourth-order valence-corrected chi connectivity index (χ4v) is 3.24. The molecule has 0 fully saturated rings. The standard InChI is InChI=1S/C20H23NO4/c1-14-17-9-8-16(23-2)12-15(17)10-11-21(14)20(22)13-25-19-7-5-4-6-18(19)24-3/h4-9,12,14H,10-11,13H2,1-3H3. The Balaban J connectivity index is 1.68. The molecule has 5 heteroatoms. The molecule has 0 saturated carbocycles. The summed E-state index contributed by atoms with van der Waals surface area (Å²) < 4.78 is 16.2. The van der Waals surface area contributed by atoms with E-state index in [4.69, 9.17) is 14.2 Å². The van der Waals surface area contributed by atoms with Gasteiger partial charge < -0.3 is 19.1 Å². The molecule has 1 amide bonds. The van der Waals surface area contributed by atoms with E-state index in [1.807, 2.05) is 42.2 Å². The van der Waals surface area contributed by atoms with Crippen LogP contribution in [0.25, 0.3) is 0 Å². The van der Waals surface area contributed by atoms with E-state index in [0.717, 1.165) is 17.7 Å². The Kier molecular flexibility index (Phi) is 5.12. The second kappa shape index (κ2) is 7.47. The van der Waals surface area contributed by atoms with Gasteiger partial charge in [0, 0.05) is 6.54 Å². The number of methoxy groups -OCH3 is 2. The number of para-hydroxylation sites is 2. The monoisotopic (exact) mass is 341 g/mol. The van der Waals surface area contributed by atoms with Crippen LogP contribution >= 0.6 is 0 Å². The largest absolute Gasteiger partial charge is 0.497 e. The van der Waals surface area contributed by atoms with E-state index >= 15 is 0 Å². The number of benzene rings is 2. The highest BCUT2D eigenvalue weighted by Gasteiger charge is 2.28. The number of ether oxygens (including phenoxy) is 3. The smallest absolute Gasteiger partial charge is 0.261 e. The summed E-state index contributed by atoms with van der Waals surface area (Å²) in [6.07, 6.45) is 0.817. The predicted molar refractivity (Wildman–Crippen MR) is 95.3 cm³/mol. The van der Waals surface area contributed by atoms with E-state index < -0.39 is 0 Å². The highest BCUT2D eigenvalue weighted by molar-refractivity contribution is 5.78. The second-order valence-electron chi connectivity index (χ2n) is 6.02. The van der Waals surface area contributed by atoms with Crippen LogP contribution in [0.5, 0.6) is 17.2 Å². The van der Waals surface area contributed by atoms with Gasteiger partial charge in [-0.3, -0.25) is 4.79 Å². The SMILES string of the molecule is COc1ccc2c(c1)CCN(C(=O)COc1ccccc1OC)C2C. The van der Waals surface area contributed by atoms with Crippen LogP contribution in [-0.2, 0) is 11.2 Å². The van der Waals surface area contributed by atoms with Gasteiger partial charge in [-0.05, 0) is 48.7 Å². The van der Waals surface area contributed by atoms with Crippen molar-refractivity contribution in [3.05, 3.63) is 53.6 Å². The van der Waals surface area contributed by atoms with Crippen molar-refractivity contribution in [2.45, 2.75) is 19.4 Å². The molecule has 3 rings (SSSR count). The van der Waals surface area contributed by atoms with Gasteiger partial charge in [0.1, 0.15) is 5.75 Å². The Morgan fingerprint density at radius 3 is 2.60 bits per heavy atom. The number of hydrogen-bond acceptors (Lipinski definition) is 4. The molecule has 1 aliphatic heterocycles. The molecule has 2 aromatic rings. The van der Waals surface area contributed by atoms with Gasteiger partial charge in [0.05, 0.1) is 20.3 Å². The maximum absolute atomic E-state index is 12.6. The number of carbonyl (C=O) groups excluding carboxylic acids is 1. The van der Waals surface area contributed by atoms with Gasteiger partial charge in [-0.1, -0.05) is 18.2 Å². The average Bonchev–Trinajstić information content (AvgIpc) is 2.66. The predicted octanol–water partition coefficient (Wildman–Crippen LogP) is 3.23. The van der Waals surface area contributed by atoms with Crippen molar-refractivity contribution in [2.24, 2.45) is 0 Å². The maximum atomic E-state index is 12.6. The van der Waals surface area contributed by atoms with Crippen molar-refractivity contribution in [3.63, 3.8) is 0 Å². The Morgan fingerprint density at radius 2 is 1.88 bits per heavy atom. The summed E-state index contributed by atoms with van der Waals surface area (Å²) in [6, 6.07) is 13.4. The van der Waals surface area contributed by atoms with Gasteiger partial charge in [-0.15, -0.1) is 0 Å². The van der Waals surface area contributed by atoms with Crippen LogP contribution < -0.4 is 14.2 Å². The van der Waals surface area contributed by atoms with Gasteiger partial charge in [-0.2, -0.15) is 0 Å². The van der Waals surface area contributed by atoms with Crippen molar-refractivity contribution in [3.8, 4) is 17.2 Å². The van der Waals surface area contributed by atoms with E-state index in [1.54, 1.807) is 20.3 Å². The quantitative estimate of drug-likeness (QED) is 0.838. The van der Waals surface area contributed by atoms with Crippen LogP contribution in [0.4, 0.5) is 0 Å². The minimum Gasteiger partial charge on any atom is -0.497 e. The molecule has 1 unspecified atom stereocenters. The molecule has 0 radical (unpaired) electrons. The summed E-state index contributed by atoms with van der Waals surface area (Å²) in [7, 11) is 3.25. The van der Waals surface area contributed by atoms with Gasteiger partial charge in [0.2, 0.25) is 0 Å². The van der Waals surface area contributed by atoms with Crippen LogP contribution in [0.1, 0.15) is 24.1 Å². The zero-order valence-electron chi connectivity index (χ0n) is 14.8. The Morgan fingerprint density at radius 1 is 1.12 bits per heavy atom. The average molecular weight is 341 g/mol. The molecule has 1 heterocycles. The second-order valence-corrected chi connectivity index (χ2v) is 6.02. The van der Waals surface area contributed by atoms with Crippen LogP contribution in [0.2, 0.25) is 0 Å². The number of rotatable bonds is 5. The fraction of sp³-hybridized carbons (Fsp3) is 0.350. The number of fused-ring (bicyclic) bond motifs is 1. The molecule has 25 heavy (non-hydrogen) atoms. The number of hydrogen-bond donors (Lipinski definition) is 0. The fourth-order valence-electron chi connectivity index (χ4n) is 3.24. The number of nitrogens with zero attached hydrogens (tertiary/aromatic N) is 1. The lowest BCUT2D eigenvalue weighted by molar-refractivity contribution is -0.136. The Labute approximate surface area is 148 Å². The molecule has 5 nitrogen and oxygen atoms in total. The summed E-state index contributed by atoms with van der Waals surface area (Å²) >= 11 is 0. The molecular formula is C20H23NO4. The third-order valence-corrected chi connectivity index (χ3v) is 4.63. The molecule has 0 spiro atoms. The van der Waals surface area contributed by atoms with E-state index in [0.29, 0.717) is 18.0 Å². The molecule has 132 valence electrons.